The molecule has 2 amide bonds. The number of thiazole rings is 1. The highest BCUT2D eigenvalue weighted by molar-refractivity contribution is 7.10. The lowest BCUT2D eigenvalue weighted by Gasteiger charge is -2.29. The second-order valence-corrected chi connectivity index (χ2v) is 9.12. The number of fused-ring (bicyclic) bond motifs is 1. The normalized spacial score (nSPS) is 12.7. The van der Waals surface area contributed by atoms with E-state index in [0.29, 0.717) is 22.1 Å². The molecule has 1 aliphatic heterocycles. The Morgan fingerprint density at radius 1 is 1.09 bits per heavy atom. The van der Waals surface area contributed by atoms with Crippen LogP contribution in [-0.2, 0) is 16.0 Å². The molecule has 0 radical (unpaired) electrons. The molecule has 1 aromatic heterocycles. The van der Waals surface area contributed by atoms with E-state index in [1.165, 1.54) is 10.5 Å². The number of hydrogen-bond donors (Lipinski definition) is 1. The summed E-state index contributed by atoms with van der Waals surface area (Å²) in [5, 5.41) is 6.20. The van der Waals surface area contributed by atoms with Crippen molar-refractivity contribution in [1.29, 1.82) is 0 Å². The number of carbonyl (C=O) groups is 2. The van der Waals surface area contributed by atoms with Gasteiger partial charge in [0.2, 0.25) is 5.91 Å². The Kier molecular flexibility index (Phi) is 6.29. The predicted molar refractivity (Wildman–Crippen MR) is 135 cm³/mol. The molecule has 0 fully saturated rings. The smallest absolute Gasteiger partial charge is 0.265 e. The number of aromatic nitrogens is 1. The Morgan fingerprint density at radius 3 is 2.71 bits per heavy atom. The van der Waals surface area contributed by atoms with Gasteiger partial charge in [-0.1, -0.05) is 54.1 Å². The highest BCUT2D eigenvalue weighted by Gasteiger charge is 2.28. The molecule has 3 aromatic carbocycles. The molecule has 6 nitrogen and oxygen atoms in total. The molecule has 0 aliphatic carbocycles. The Hall–Kier alpha value is -3.68. The highest BCUT2D eigenvalue weighted by atomic mass is 35.5. The van der Waals surface area contributed by atoms with Crippen LogP contribution in [0, 0.1) is 0 Å². The molecule has 0 bridgehead atoms. The van der Waals surface area contributed by atoms with Crippen molar-refractivity contribution in [2.75, 3.05) is 23.4 Å². The van der Waals surface area contributed by atoms with Gasteiger partial charge in [0.25, 0.3) is 5.91 Å². The van der Waals surface area contributed by atoms with Crippen molar-refractivity contribution in [2.45, 2.75) is 6.42 Å². The molecule has 0 saturated carbocycles. The van der Waals surface area contributed by atoms with Gasteiger partial charge in [0.15, 0.2) is 6.61 Å². The Labute approximate surface area is 205 Å². The molecule has 8 heteroatoms. The van der Waals surface area contributed by atoms with E-state index in [2.05, 4.69) is 17.4 Å². The summed E-state index contributed by atoms with van der Waals surface area (Å²) in [6, 6.07) is 22.7. The molecule has 1 N–H and O–H groups in total. The van der Waals surface area contributed by atoms with Crippen LogP contribution < -0.4 is 15.0 Å². The van der Waals surface area contributed by atoms with Crippen molar-refractivity contribution in [3.05, 3.63) is 93.8 Å². The van der Waals surface area contributed by atoms with Crippen LogP contribution >= 0.6 is 22.9 Å². The fourth-order valence-electron chi connectivity index (χ4n) is 3.73. The minimum Gasteiger partial charge on any atom is -0.482 e. The fourth-order valence-corrected chi connectivity index (χ4v) is 4.75. The zero-order valence-corrected chi connectivity index (χ0v) is 19.6. The van der Waals surface area contributed by atoms with E-state index in [0.717, 1.165) is 22.7 Å². The molecule has 170 valence electrons. The van der Waals surface area contributed by atoms with Crippen molar-refractivity contribution in [3.63, 3.8) is 0 Å². The summed E-state index contributed by atoms with van der Waals surface area (Å²) in [5.41, 5.74) is 3.91. The molecular formula is C26H20ClN3O3S. The van der Waals surface area contributed by atoms with Gasteiger partial charge in [0, 0.05) is 17.4 Å². The number of halogens is 1. The van der Waals surface area contributed by atoms with E-state index < -0.39 is 0 Å². The van der Waals surface area contributed by atoms with Gasteiger partial charge in [-0.05, 0) is 35.9 Å². The van der Waals surface area contributed by atoms with E-state index in [1.54, 1.807) is 35.6 Å². The van der Waals surface area contributed by atoms with Crippen LogP contribution in [0.2, 0.25) is 5.02 Å². The lowest BCUT2D eigenvalue weighted by molar-refractivity contribution is -0.123. The first-order valence-corrected chi connectivity index (χ1v) is 11.9. The molecule has 0 atom stereocenters. The minimum absolute atomic E-state index is 0.121. The molecule has 5 rings (SSSR count). The molecule has 0 saturated heterocycles. The van der Waals surface area contributed by atoms with Crippen molar-refractivity contribution in [1.82, 2.24) is 4.98 Å². The number of hydrogen-bond acceptors (Lipinski definition) is 5. The first kappa shape index (κ1) is 22.1. The largest absolute Gasteiger partial charge is 0.482 e. The third-order valence-corrected chi connectivity index (χ3v) is 6.58. The molecular weight excluding hydrogens is 470 g/mol. The number of anilines is 2. The van der Waals surface area contributed by atoms with Gasteiger partial charge in [-0.15, -0.1) is 11.3 Å². The Balaban J connectivity index is 1.37. The van der Waals surface area contributed by atoms with Crippen LogP contribution in [0.3, 0.4) is 0 Å². The van der Waals surface area contributed by atoms with Crippen LogP contribution in [0.4, 0.5) is 11.4 Å². The lowest BCUT2D eigenvalue weighted by atomic mass is 10.1. The SMILES string of the molecule is O=C(CN1C(=O)COc2ccc(-c3csc(Cc4ccccc4)n3)cc21)Nc1ccccc1Cl. The summed E-state index contributed by atoms with van der Waals surface area (Å²) in [7, 11) is 0. The Morgan fingerprint density at radius 2 is 1.88 bits per heavy atom. The van der Waals surface area contributed by atoms with Gasteiger partial charge >= 0.3 is 0 Å². The number of nitrogens with one attached hydrogen (secondary N) is 1. The summed E-state index contributed by atoms with van der Waals surface area (Å²) in [4.78, 5) is 31.6. The van der Waals surface area contributed by atoms with Crippen LogP contribution in [0.1, 0.15) is 10.6 Å². The Bertz CT molecular complexity index is 1360. The number of carbonyl (C=O) groups excluding carboxylic acids is 2. The maximum absolute atomic E-state index is 12.7. The van der Waals surface area contributed by atoms with Crippen molar-refractivity contribution >= 4 is 46.1 Å². The zero-order valence-electron chi connectivity index (χ0n) is 18.0. The van der Waals surface area contributed by atoms with Gasteiger partial charge in [0.05, 0.1) is 27.1 Å². The summed E-state index contributed by atoms with van der Waals surface area (Å²) in [6.07, 6.45) is 0.756. The molecule has 0 spiro atoms. The summed E-state index contributed by atoms with van der Waals surface area (Å²) in [5.74, 6) is -0.0888. The lowest BCUT2D eigenvalue weighted by Crippen LogP contribution is -2.43. The third kappa shape index (κ3) is 4.81. The standard InChI is InChI=1S/C26H20ClN3O3S/c27-19-8-4-5-9-20(19)28-24(31)14-30-22-13-18(10-11-23(22)33-15-26(30)32)21-16-34-25(29-21)12-17-6-2-1-3-7-17/h1-11,13,16H,12,14-15H2,(H,28,31). The van der Waals surface area contributed by atoms with Crippen molar-refractivity contribution in [3.8, 4) is 17.0 Å². The third-order valence-electron chi connectivity index (χ3n) is 5.40. The van der Waals surface area contributed by atoms with Gasteiger partial charge in [-0.25, -0.2) is 4.98 Å². The van der Waals surface area contributed by atoms with Crippen LogP contribution in [0.5, 0.6) is 5.75 Å². The monoisotopic (exact) mass is 489 g/mol. The molecule has 4 aromatic rings. The quantitative estimate of drug-likeness (QED) is 0.392. The minimum atomic E-state index is -0.349. The van der Waals surface area contributed by atoms with Crippen LogP contribution in [-0.4, -0.2) is 29.9 Å². The molecule has 34 heavy (non-hydrogen) atoms. The van der Waals surface area contributed by atoms with Gasteiger partial charge < -0.3 is 10.1 Å². The van der Waals surface area contributed by atoms with Crippen molar-refractivity contribution in [2.24, 2.45) is 0 Å². The van der Waals surface area contributed by atoms with Crippen molar-refractivity contribution < 1.29 is 14.3 Å². The average molecular weight is 490 g/mol. The van der Waals surface area contributed by atoms with Gasteiger partial charge in [0.1, 0.15) is 12.3 Å². The van der Waals surface area contributed by atoms with E-state index in [4.69, 9.17) is 21.3 Å². The molecule has 2 heterocycles. The predicted octanol–water partition coefficient (Wildman–Crippen LogP) is 5.42. The number of rotatable bonds is 6. The van der Waals surface area contributed by atoms with Crippen LogP contribution in [0.25, 0.3) is 11.3 Å². The zero-order chi connectivity index (χ0) is 23.5. The van der Waals surface area contributed by atoms with Crippen LogP contribution in [0.15, 0.2) is 78.2 Å². The highest BCUT2D eigenvalue weighted by Crippen LogP contribution is 2.36. The van der Waals surface area contributed by atoms with E-state index >= 15 is 0 Å². The summed E-state index contributed by atoms with van der Waals surface area (Å²) >= 11 is 7.73. The summed E-state index contributed by atoms with van der Waals surface area (Å²) < 4.78 is 5.60. The van der Waals surface area contributed by atoms with E-state index in [9.17, 15) is 9.59 Å². The second-order valence-electron chi connectivity index (χ2n) is 7.77. The topological polar surface area (TPSA) is 71.5 Å². The maximum atomic E-state index is 12.7. The number of benzene rings is 3. The number of ether oxygens (including phenoxy) is 1. The number of para-hydroxylation sites is 1. The average Bonchev–Trinajstić information content (AvgIpc) is 3.31. The first-order valence-electron chi connectivity index (χ1n) is 10.7. The molecule has 1 aliphatic rings. The van der Waals surface area contributed by atoms with Gasteiger partial charge in [-0.2, -0.15) is 0 Å². The number of amides is 2. The van der Waals surface area contributed by atoms with E-state index in [1.807, 2.05) is 41.8 Å². The second kappa shape index (κ2) is 9.67. The summed E-state index contributed by atoms with van der Waals surface area (Å²) in [6.45, 7) is -0.274. The van der Waals surface area contributed by atoms with E-state index in [-0.39, 0.29) is 25.0 Å². The first-order chi connectivity index (χ1) is 16.6. The van der Waals surface area contributed by atoms with Gasteiger partial charge in [-0.3, -0.25) is 14.5 Å². The maximum Gasteiger partial charge on any atom is 0.265 e. The molecule has 0 unspecified atom stereocenters. The number of nitrogens with zero attached hydrogens (tertiary/aromatic N) is 2. The fraction of sp³-hybridized carbons (Fsp3) is 0.115.